The molecule has 8 nitrogen and oxygen atoms in total. The number of rotatable bonds is 8. The van der Waals surface area contributed by atoms with Gasteiger partial charge in [-0.2, -0.15) is 8.78 Å². The van der Waals surface area contributed by atoms with Gasteiger partial charge in [0, 0.05) is 6.07 Å². The molecule has 134 valence electrons. The van der Waals surface area contributed by atoms with Gasteiger partial charge in [0.1, 0.15) is 11.7 Å². The number of benzene rings is 1. The molecule has 0 bridgehead atoms. The number of hydrogen-bond acceptors (Lipinski definition) is 6. The molecule has 0 aliphatic rings. The van der Waals surface area contributed by atoms with Crippen molar-refractivity contribution in [3.63, 3.8) is 0 Å². The molecule has 0 amide bonds. The normalized spacial score (nSPS) is 13.1. The average molecular weight is 366 g/mol. The van der Waals surface area contributed by atoms with E-state index in [0.29, 0.717) is 6.07 Å². The molecule has 1 atom stereocenters. The second-order valence-electron chi connectivity index (χ2n) is 5.41. The molecular weight excluding hydrogens is 350 g/mol. The standard InChI is InChI=1S/C13H16F2N2O6S/c1-7(2)5-10(12(18)19)16-9-4-3-8(6-11(9)17(20)21)24(22,23)13(14)15/h3-4,6-7,10,13,16H,5H2,1-2H3,(H,18,19)/t10-/m1/s1. The van der Waals surface area contributed by atoms with Crippen LogP contribution in [0.5, 0.6) is 0 Å². The summed E-state index contributed by atoms with van der Waals surface area (Å²) in [6, 6.07) is 1.01. The number of hydrogen-bond donors (Lipinski definition) is 2. The maximum atomic E-state index is 12.5. The summed E-state index contributed by atoms with van der Waals surface area (Å²) in [5, 5.41) is 22.7. The fourth-order valence-corrected chi connectivity index (χ4v) is 2.68. The van der Waals surface area contributed by atoms with Crippen LogP contribution in [0.2, 0.25) is 0 Å². The third kappa shape index (κ3) is 4.60. The van der Waals surface area contributed by atoms with E-state index in [2.05, 4.69) is 5.32 Å². The lowest BCUT2D eigenvalue weighted by Gasteiger charge is -2.18. The van der Waals surface area contributed by atoms with Crippen molar-refractivity contribution in [2.75, 3.05) is 5.32 Å². The van der Waals surface area contributed by atoms with Gasteiger partial charge in [-0.05, 0) is 24.5 Å². The van der Waals surface area contributed by atoms with Gasteiger partial charge in [-0.1, -0.05) is 13.8 Å². The molecule has 24 heavy (non-hydrogen) atoms. The summed E-state index contributed by atoms with van der Waals surface area (Å²) >= 11 is 0. The van der Waals surface area contributed by atoms with Gasteiger partial charge in [0.2, 0.25) is 9.84 Å². The van der Waals surface area contributed by atoms with Crippen LogP contribution < -0.4 is 5.32 Å². The Morgan fingerprint density at radius 1 is 1.38 bits per heavy atom. The van der Waals surface area contributed by atoms with E-state index in [4.69, 9.17) is 5.11 Å². The second-order valence-corrected chi connectivity index (χ2v) is 7.32. The summed E-state index contributed by atoms with van der Waals surface area (Å²) < 4.78 is 47.9. The van der Waals surface area contributed by atoms with Gasteiger partial charge in [-0.3, -0.25) is 10.1 Å². The van der Waals surface area contributed by atoms with E-state index in [1.807, 2.05) is 0 Å². The Morgan fingerprint density at radius 3 is 2.38 bits per heavy atom. The topological polar surface area (TPSA) is 127 Å². The molecule has 0 spiro atoms. The number of nitrogens with zero attached hydrogens (tertiary/aromatic N) is 1. The maximum absolute atomic E-state index is 12.5. The molecule has 0 radical (unpaired) electrons. The third-order valence-corrected chi connectivity index (χ3v) is 4.44. The number of nitro groups is 1. The van der Waals surface area contributed by atoms with Crippen LogP contribution in [0.25, 0.3) is 0 Å². The molecule has 0 aromatic heterocycles. The van der Waals surface area contributed by atoms with Crippen LogP contribution >= 0.6 is 0 Å². The van der Waals surface area contributed by atoms with Crippen molar-refractivity contribution in [1.29, 1.82) is 0 Å². The van der Waals surface area contributed by atoms with Crippen molar-refractivity contribution >= 4 is 27.2 Å². The first kappa shape index (κ1) is 19.7. The highest BCUT2D eigenvalue weighted by molar-refractivity contribution is 7.91. The SMILES string of the molecule is CC(C)C[C@@H](Nc1ccc(S(=O)(=O)C(F)F)cc1[N+](=O)[O-])C(=O)O. The molecular formula is C13H16F2N2O6S. The quantitative estimate of drug-likeness (QED) is 0.534. The van der Waals surface area contributed by atoms with Crippen LogP contribution in [0.4, 0.5) is 20.2 Å². The number of halogens is 2. The lowest BCUT2D eigenvalue weighted by molar-refractivity contribution is -0.384. The number of carboxylic acids is 1. The van der Waals surface area contributed by atoms with Gasteiger partial charge in [0.15, 0.2) is 0 Å². The van der Waals surface area contributed by atoms with E-state index < -0.39 is 43.1 Å². The molecule has 0 aliphatic carbocycles. The smallest absolute Gasteiger partial charge is 0.341 e. The first-order chi connectivity index (χ1) is 11.0. The maximum Gasteiger partial charge on any atom is 0.341 e. The summed E-state index contributed by atoms with van der Waals surface area (Å²) in [6.45, 7) is 3.51. The predicted octanol–water partition coefficient (Wildman–Crippen LogP) is 2.50. The highest BCUT2D eigenvalue weighted by Gasteiger charge is 2.30. The summed E-state index contributed by atoms with van der Waals surface area (Å²) in [4.78, 5) is 20.4. The fraction of sp³-hybridized carbons (Fsp3) is 0.462. The zero-order valence-corrected chi connectivity index (χ0v) is 13.6. The molecule has 11 heteroatoms. The summed E-state index contributed by atoms with van der Waals surface area (Å²) in [5.74, 6) is -5.00. The van der Waals surface area contributed by atoms with Crippen LogP contribution in [-0.4, -0.2) is 36.2 Å². The minimum atomic E-state index is -5.00. The number of nitro benzene ring substituents is 1. The first-order valence-electron chi connectivity index (χ1n) is 6.76. The van der Waals surface area contributed by atoms with Crippen LogP contribution in [0.1, 0.15) is 20.3 Å². The average Bonchev–Trinajstić information content (AvgIpc) is 2.45. The van der Waals surface area contributed by atoms with Crippen molar-refractivity contribution in [1.82, 2.24) is 0 Å². The van der Waals surface area contributed by atoms with Gasteiger partial charge < -0.3 is 10.4 Å². The van der Waals surface area contributed by atoms with Crippen molar-refractivity contribution < 1.29 is 32.0 Å². The highest BCUT2D eigenvalue weighted by Crippen LogP contribution is 2.30. The largest absolute Gasteiger partial charge is 0.480 e. The van der Waals surface area contributed by atoms with Crippen molar-refractivity contribution in [3.05, 3.63) is 28.3 Å². The molecule has 1 rings (SSSR count). The summed E-state index contributed by atoms with van der Waals surface area (Å²) in [6.07, 6.45) is 0.156. The van der Waals surface area contributed by atoms with Crippen LogP contribution in [0, 0.1) is 16.0 Å². The zero-order chi connectivity index (χ0) is 18.7. The second kappa shape index (κ2) is 7.51. The lowest BCUT2D eigenvalue weighted by atomic mass is 10.0. The number of alkyl halides is 2. The van der Waals surface area contributed by atoms with Crippen molar-refractivity contribution in [3.8, 4) is 0 Å². The molecule has 0 fully saturated rings. The number of anilines is 1. The molecule has 0 saturated carbocycles. The Kier molecular flexibility index (Phi) is 6.18. The van der Waals surface area contributed by atoms with Crippen molar-refractivity contribution in [2.45, 2.75) is 37.0 Å². The Balaban J connectivity index is 3.30. The van der Waals surface area contributed by atoms with Gasteiger partial charge in [-0.25, -0.2) is 13.2 Å². The molecule has 2 N–H and O–H groups in total. The Hall–Kier alpha value is -2.30. The van der Waals surface area contributed by atoms with Gasteiger partial charge >= 0.3 is 11.7 Å². The molecule has 1 aromatic rings. The number of carboxylic acid groups (broad SMARTS) is 1. The van der Waals surface area contributed by atoms with Crippen LogP contribution in [0.15, 0.2) is 23.1 Å². The van der Waals surface area contributed by atoms with Crippen molar-refractivity contribution in [2.24, 2.45) is 5.92 Å². The molecule has 0 saturated heterocycles. The Bertz CT molecular complexity index is 736. The van der Waals surface area contributed by atoms with E-state index in [9.17, 15) is 32.1 Å². The van der Waals surface area contributed by atoms with Gasteiger partial charge in [-0.15, -0.1) is 0 Å². The van der Waals surface area contributed by atoms with E-state index in [1.165, 1.54) is 0 Å². The highest BCUT2D eigenvalue weighted by atomic mass is 32.2. The summed E-state index contributed by atoms with van der Waals surface area (Å²) in [5.41, 5.74) is -1.06. The number of sulfone groups is 1. The first-order valence-corrected chi connectivity index (χ1v) is 8.31. The van der Waals surface area contributed by atoms with E-state index in [-0.39, 0.29) is 18.0 Å². The Morgan fingerprint density at radius 2 is 1.96 bits per heavy atom. The van der Waals surface area contributed by atoms with Gasteiger partial charge in [0.05, 0.1) is 9.82 Å². The van der Waals surface area contributed by atoms with E-state index >= 15 is 0 Å². The predicted molar refractivity (Wildman–Crippen MR) is 80.8 cm³/mol. The monoisotopic (exact) mass is 366 g/mol. The van der Waals surface area contributed by atoms with E-state index in [0.717, 1.165) is 12.1 Å². The van der Waals surface area contributed by atoms with Crippen LogP contribution in [-0.2, 0) is 14.6 Å². The summed E-state index contributed by atoms with van der Waals surface area (Å²) in [7, 11) is -5.00. The number of nitrogens with one attached hydrogen (secondary N) is 1. The number of carbonyl (C=O) groups is 1. The number of aliphatic carboxylic acids is 1. The van der Waals surface area contributed by atoms with Crippen LogP contribution in [0.3, 0.4) is 0 Å². The van der Waals surface area contributed by atoms with Gasteiger partial charge in [0.25, 0.3) is 5.69 Å². The van der Waals surface area contributed by atoms with E-state index in [1.54, 1.807) is 13.8 Å². The molecule has 0 unspecified atom stereocenters. The fourth-order valence-electron chi connectivity index (χ4n) is 1.95. The third-order valence-electron chi connectivity index (χ3n) is 3.06. The molecule has 0 aliphatic heterocycles. The minimum Gasteiger partial charge on any atom is -0.480 e. The molecule has 1 aromatic carbocycles. The zero-order valence-electron chi connectivity index (χ0n) is 12.8. The minimum absolute atomic E-state index is 0.0314. The lowest BCUT2D eigenvalue weighted by Crippen LogP contribution is -2.31. The molecule has 0 heterocycles. The Labute approximate surface area is 136 Å².